The van der Waals surface area contributed by atoms with E-state index >= 15 is 0 Å². The average molecular weight is 382 g/mol. The molecule has 0 aliphatic heterocycles. The van der Waals surface area contributed by atoms with E-state index in [0.29, 0.717) is 11.0 Å². The highest BCUT2D eigenvalue weighted by atomic mass is 32.1. The quantitative estimate of drug-likeness (QED) is 0.589. The maximum absolute atomic E-state index is 12.6. The number of benzene rings is 1. The van der Waals surface area contributed by atoms with Crippen molar-refractivity contribution in [1.29, 1.82) is 0 Å². The summed E-state index contributed by atoms with van der Waals surface area (Å²) in [4.78, 5) is 7.76. The van der Waals surface area contributed by atoms with Gasteiger partial charge in [-0.15, -0.1) is 11.3 Å². The average Bonchev–Trinajstić information content (AvgIpc) is 3.18. The Morgan fingerprint density at radius 3 is 2.54 bits per heavy atom. The van der Waals surface area contributed by atoms with E-state index in [2.05, 4.69) is 32.7 Å². The fraction of sp³-hybridized carbons (Fsp3) is 0.444. The van der Waals surface area contributed by atoms with Gasteiger partial charge in [0.15, 0.2) is 11.7 Å². The van der Waals surface area contributed by atoms with Crippen molar-refractivity contribution in [3.05, 3.63) is 52.0 Å². The minimum absolute atomic E-state index is 0.214. The molecule has 0 bridgehead atoms. The number of thiazole rings is 1. The molecule has 1 fully saturated rings. The molecule has 140 valence electrons. The molecular formula is C18H21F3N4S. The second kappa shape index (κ2) is 7.65. The van der Waals surface area contributed by atoms with Crippen LogP contribution >= 0.6 is 11.3 Å². The summed E-state index contributed by atoms with van der Waals surface area (Å²) in [5, 5.41) is 7.74. The summed E-state index contributed by atoms with van der Waals surface area (Å²) < 4.78 is 37.8. The van der Waals surface area contributed by atoms with Gasteiger partial charge in [-0.05, 0) is 30.2 Å². The smallest absolute Gasteiger partial charge is 0.356 e. The molecule has 1 aliphatic carbocycles. The van der Waals surface area contributed by atoms with Crippen LogP contribution in [0.1, 0.15) is 29.1 Å². The van der Waals surface area contributed by atoms with Crippen LogP contribution in [0.2, 0.25) is 0 Å². The van der Waals surface area contributed by atoms with Crippen molar-refractivity contribution in [1.82, 2.24) is 15.6 Å². The van der Waals surface area contributed by atoms with Crippen LogP contribution in [0.4, 0.5) is 13.2 Å². The lowest BCUT2D eigenvalue weighted by Crippen LogP contribution is -2.40. The molecule has 1 aromatic carbocycles. The molecule has 0 saturated heterocycles. The van der Waals surface area contributed by atoms with Crippen LogP contribution in [0.3, 0.4) is 0 Å². The van der Waals surface area contributed by atoms with Crippen LogP contribution in [-0.4, -0.2) is 24.5 Å². The van der Waals surface area contributed by atoms with Gasteiger partial charge in [-0.1, -0.05) is 30.3 Å². The number of hydrogen-bond acceptors (Lipinski definition) is 3. The molecule has 2 aromatic rings. The first-order valence-electron chi connectivity index (χ1n) is 8.40. The Hall–Kier alpha value is -2.09. The maximum atomic E-state index is 12.6. The summed E-state index contributed by atoms with van der Waals surface area (Å²) in [7, 11) is 1.65. The fourth-order valence-corrected chi connectivity index (χ4v) is 3.54. The maximum Gasteiger partial charge on any atom is 0.434 e. The molecular weight excluding hydrogens is 361 g/mol. The number of aromatic nitrogens is 1. The Bertz CT molecular complexity index is 751. The number of aliphatic imine (C=N–C) groups is 1. The third-order valence-electron chi connectivity index (χ3n) is 4.48. The molecule has 0 unspecified atom stereocenters. The summed E-state index contributed by atoms with van der Waals surface area (Å²) in [6.07, 6.45) is -1.07. The summed E-state index contributed by atoms with van der Waals surface area (Å²) in [6, 6.07) is 10.4. The Morgan fingerprint density at radius 1 is 1.23 bits per heavy atom. The lowest BCUT2D eigenvalue weighted by Gasteiger charge is -2.18. The third kappa shape index (κ3) is 4.97. The van der Waals surface area contributed by atoms with E-state index < -0.39 is 11.9 Å². The highest BCUT2D eigenvalue weighted by Gasteiger charge is 2.42. The zero-order chi connectivity index (χ0) is 18.6. The van der Waals surface area contributed by atoms with E-state index in [9.17, 15) is 13.2 Å². The standard InChI is InChI=1S/C18H21F3N4S/c1-22-16(23-10-15-25-14(11-26-15)18(19,20)21)24-12-17(7-8-17)9-13-5-3-2-4-6-13/h2-6,11H,7-10,12H2,1H3,(H2,22,23,24). The van der Waals surface area contributed by atoms with Crippen LogP contribution in [0.25, 0.3) is 0 Å². The second-order valence-electron chi connectivity index (χ2n) is 6.57. The van der Waals surface area contributed by atoms with E-state index in [-0.39, 0.29) is 12.0 Å². The monoisotopic (exact) mass is 382 g/mol. The van der Waals surface area contributed by atoms with Crippen molar-refractivity contribution in [2.75, 3.05) is 13.6 Å². The van der Waals surface area contributed by atoms with Crippen molar-refractivity contribution in [3.63, 3.8) is 0 Å². The Morgan fingerprint density at radius 2 is 1.96 bits per heavy atom. The van der Waals surface area contributed by atoms with Crippen LogP contribution in [-0.2, 0) is 19.1 Å². The van der Waals surface area contributed by atoms with E-state index in [4.69, 9.17) is 0 Å². The SMILES string of the molecule is CN=C(NCc1nc(C(F)(F)F)cs1)NCC1(Cc2ccccc2)CC1. The normalized spacial score (nSPS) is 16.4. The van der Waals surface area contributed by atoms with Gasteiger partial charge in [-0.2, -0.15) is 13.2 Å². The summed E-state index contributed by atoms with van der Waals surface area (Å²) >= 11 is 0.990. The first kappa shape index (κ1) is 18.7. The number of halogens is 3. The van der Waals surface area contributed by atoms with Crippen molar-refractivity contribution >= 4 is 17.3 Å². The predicted octanol–water partition coefficient (Wildman–Crippen LogP) is 3.85. The largest absolute Gasteiger partial charge is 0.434 e. The lowest BCUT2D eigenvalue weighted by molar-refractivity contribution is -0.140. The second-order valence-corrected chi connectivity index (χ2v) is 7.51. The zero-order valence-electron chi connectivity index (χ0n) is 14.4. The number of alkyl halides is 3. The lowest BCUT2D eigenvalue weighted by atomic mass is 9.96. The number of hydrogen-bond donors (Lipinski definition) is 2. The van der Waals surface area contributed by atoms with Gasteiger partial charge >= 0.3 is 6.18 Å². The first-order valence-corrected chi connectivity index (χ1v) is 9.28. The third-order valence-corrected chi connectivity index (χ3v) is 5.33. The van der Waals surface area contributed by atoms with Gasteiger partial charge < -0.3 is 10.6 Å². The van der Waals surface area contributed by atoms with E-state index in [1.165, 1.54) is 5.56 Å². The van der Waals surface area contributed by atoms with Crippen molar-refractivity contribution < 1.29 is 13.2 Å². The first-order chi connectivity index (χ1) is 12.4. The molecule has 1 aliphatic rings. The molecule has 4 nitrogen and oxygen atoms in total. The molecule has 0 spiro atoms. The van der Waals surface area contributed by atoms with Crippen LogP contribution in [0.5, 0.6) is 0 Å². The molecule has 0 amide bonds. The van der Waals surface area contributed by atoms with Gasteiger partial charge in [0.2, 0.25) is 0 Å². The molecule has 3 rings (SSSR count). The van der Waals surface area contributed by atoms with E-state index in [0.717, 1.165) is 42.5 Å². The topological polar surface area (TPSA) is 49.3 Å². The van der Waals surface area contributed by atoms with Gasteiger partial charge in [0.1, 0.15) is 5.01 Å². The van der Waals surface area contributed by atoms with Crippen molar-refractivity contribution in [3.8, 4) is 0 Å². The number of guanidine groups is 1. The van der Waals surface area contributed by atoms with Crippen molar-refractivity contribution in [2.45, 2.75) is 32.0 Å². The fourth-order valence-electron chi connectivity index (χ4n) is 2.80. The van der Waals surface area contributed by atoms with Gasteiger partial charge in [0.25, 0.3) is 0 Å². The van der Waals surface area contributed by atoms with Crippen LogP contribution < -0.4 is 10.6 Å². The highest BCUT2D eigenvalue weighted by molar-refractivity contribution is 7.09. The number of nitrogens with zero attached hydrogens (tertiary/aromatic N) is 2. The summed E-state index contributed by atoms with van der Waals surface area (Å²) in [6.45, 7) is 0.999. The van der Waals surface area contributed by atoms with Crippen LogP contribution in [0, 0.1) is 5.41 Å². The Labute approximate surface area is 154 Å². The molecule has 1 heterocycles. The van der Waals surface area contributed by atoms with E-state index in [1.807, 2.05) is 18.2 Å². The Kier molecular flexibility index (Phi) is 5.50. The predicted molar refractivity (Wildman–Crippen MR) is 97.1 cm³/mol. The van der Waals surface area contributed by atoms with E-state index in [1.54, 1.807) is 7.05 Å². The molecule has 26 heavy (non-hydrogen) atoms. The minimum atomic E-state index is -4.40. The zero-order valence-corrected chi connectivity index (χ0v) is 15.3. The van der Waals surface area contributed by atoms with Crippen LogP contribution in [0.15, 0.2) is 40.7 Å². The molecule has 0 atom stereocenters. The van der Waals surface area contributed by atoms with Gasteiger partial charge in [-0.3, -0.25) is 4.99 Å². The van der Waals surface area contributed by atoms with Gasteiger partial charge in [-0.25, -0.2) is 4.98 Å². The Balaban J connectivity index is 1.49. The molecule has 8 heteroatoms. The molecule has 2 N–H and O–H groups in total. The minimum Gasteiger partial charge on any atom is -0.356 e. The highest BCUT2D eigenvalue weighted by Crippen LogP contribution is 2.47. The van der Waals surface area contributed by atoms with Gasteiger partial charge in [0, 0.05) is 19.0 Å². The van der Waals surface area contributed by atoms with Gasteiger partial charge in [0.05, 0.1) is 6.54 Å². The molecule has 1 aromatic heterocycles. The molecule has 0 radical (unpaired) electrons. The summed E-state index contributed by atoms with van der Waals surface area (Å²) in [5.74, 6) is 0.577. The summed E-state index contributed by atoms with van der Waals surface area (Å²) in [5.41, 5.74) is 0.711. The number of rotatable bonds is 6. The molecule has 1 saturated carbocycles. The number of nitrogens with one attached hydrogen (secondary N) is 2. The van der Waals surface area contributed by atoms with Crippen molar-refractivity contribution in [2.24, 2.45) is 10.4 Å².